The highest BCUT2D eigenvalue weighted by Crippen LogP contribution is 2.31. The Morgan fingerprint density at radius 2 is 2.11 bits per heavy atom. The molecule has 0 spiro atoms. The molecule has 0 aromatic carbocycles. The molecule has 0 aromatic heterocycles. The van der Waals surface area contributed by atoms with E-state index in [1.807, 2.05) is 0 Å². The molecular formula is C12H22F2N2O3. The lowest BCUT2D eigenvalue weighted by atomic mass is 9.91. The van der Waals surface area contributed by atoms with Crippen molar-refractivity contribution in [3.8, 4) is 0 Å². The molecule has 1 aliphatic heterocycles. The largest absolute Gasteiger partial charge is 0.444 e. The minimum atomic E-state index is -3.04. The van der Waals surface area contributed by atoms with Gasteiger partial charge in [-0.1, -0.05) is 0 Å². The van der Waals surface area contributed by atoms with Crippen LogP contribution in [0.4, 0.5) is 13.6 Å². The summed E-state index contributed by atoms with van der Waals surface area (Å²) in [6.07, 6.45) is -0.941. The van der Waals surface area contributed by atoms with Gasteiger partial charge in [0.15, 0.2) is 0 Å². The zero-order valence-electron chi connectivity index (χ0n) is 11.6. The Kier molecular flexibility index (Phi) is 4.73. The molecule has 0 saturated carbocycles. The third-order valence-electron chi connectivity index (χ3n) is 2.77. The van der Waals surface area contributed by atoms with Crippen molar-refractivity contribution in [1.82, 2.24) is 5.32 Å². The van der Waals surface area contributed by atoms with E-state index in [0.717, 1.165) is 0 Å². The summed E-state index contributed by atoms with van der Waals surface area (Å²) in [5.41, 5.74) is 3.26. The van der Waals surface area contributed by atoms with Gasteiger partial charge < -0.3 is 20.5 Å². The molecule has 1 atom stereocenters. The molecule has 1 fully saturated rings. The fraction of sp³-hybridized carbons (Fsp3) is 0.917. The minimum absolute atomic E-state index is 0.0435. The predicted octanol–water partition coefficient (Wildman–Crippen LogP) is 1.65. The number of nitrogens with one attached hydrogen (secondary N) is 1. The third-order valence-corrected chi connectivity index (χ3v) is 2.77. The highest BCUT2D eigenvalue weighted by Gasteiger charge is 2.45. The van der Waals surface area contributed by atoms with Crippen LogP contribution < -0.4 is 11.1 Å². The number of hydrogen-bond acceptors (Lipinski definition) is 4. The van der Waals surface area contributed by atoms with Gasteiger partial charge >= 0.3 is 6.09 Å². The first kappa shape index (κ1) is 16.1. The summed E-state index contributed by atoms with van der Waals surface area (Å²) in [5, 5.41) is 2.52. The van der Waals surface area contributed by atoms with E-state index in [4.69, 9.17) is 15.2 Å². The molecule has 1 amide bonds. The van der Waals surface area contributed by atoms with Crippen LogP contribution in [0.2, 0.25) is 0 Å². The molecule has 5 nitrogen and oxygen atoms in total. The van der Waals surface area contributed by atoms with E-state index in [9.17, 15) is 13.6 Å². The first-order valence-corrected chi connectivity index (χ1v) is 6.24. The maximum Gasteiger partial charge on any atom is 0.408 e. The Hall–Kier alpha value is -0.950. The van der Waals surface area contributed by atoms with Crippen molar-refractivity contribution in [3.63, 3.8) is 0 Å². The third kappa shape index (κ3) is 5.28. The standard InChI is InChI=1S/C12H22F2N2O3/c1-10(2,3)19-9(17)16-11(4-5-18-8-11)6-12(13,14)7-15/h4-8,15H2,1-3H3,(H,16,17). The molecule has 1 saturated heterocycles. The maximum atomic E-state index is 13.5. The molecule has 7 heteroatoms. The Morgan fingerprint density at radius 1 is 1.47 bits per heavy atom. The SMILES string of the molecule is CC(C)(C)OC(=O)NC1(CC(F)(F)CN)CCOC1. The second kappa shape index (κ2) is 5.58. The van der Waals surface area contributed by atoms with Gasteiger partial charge in [0.05, 0.1) is 18.7 Å². The van der Waals surface area contributed by atoms with Crippen molar-refractivity contribution in [3.05, 3.63) is 0 Å². The van der Waals surface area contributed by atoms with Gasteiger partial charge in [-0.05, 0) is 27.2 Å². The number of rotatable bonds is 4. The van der Waals surface area contributed by atoms with Crippen molar-refractivity contribution in [1.29, 1.82) is 0 Å². The number of amides is 1. The van der Waals surface area contributed by atoms with Crippen LogP contribution in [0.3, 0.4) is 0 Å². The average Bonchev–Trinajstić information content (AvgIpc) is 2.62. The van der Waals surface area contributed by atoms with Gasteiger partial charge in [-0.15, -0.1) is 0 Å². The van der Waals surface area contributed by atoms with Crippen molar-refractivity contribution in [2.75, 3.05) is 19.8 Å². The van der Waals surface area contributed by atoms with Gasteiger partial charge in [0, 0.05) is 13.0 Å². The van der Waals surface area contributed by atoms with Crippen molar-refractivity contribution in [2.24, 2.45) is 5.73 Å². The first-order valence-electron chi connectivity index (χ1n) is 6.24. The molecule has 0 bridgehead atoms. The molecular weight excluding hydrogens is 258 g/mol. The van der Waals surface area contributed by atoms with Crippen LogP contribution in [-0.4, -0.2) is 42.9 Å². The number of alkyl halides is 2. The van der Waals surface area contributed by atoms with Gasteiger partial charge in [-0.2, -0.15) is 0 Å². The lowest BCUT2D eigenvalue weighted by molar-refractivity contribution is -0.0296. The van der Waals surface area contributed by atoms with Crippen LogP contribution in [0.25, 0.3) is 0 Å². The molecule has 3 N–H and O–H groups in total. The van der Waals surface area contributed by atoms with E-state index in [2.05, 4.69) is 5.32 Å². The molecule has 1 rings (SSSR count). The quantitative estimate of drug-likeness (QED) is 0.821. The second-order valence-electron chi connectivity index (χ2n) is 5.95. The Morgan fingerprint density at radius 3 is 2.53 bits per heavy atom. The lowest BCUT2D eigenvalue weighted by Gasteiger charge is -2.33. The molecule has 1 heterocycles. The van der Waals surface area contributed by atoms with Gasteiger partial charge in [-0.3, -0.25) is 0 Å². The van der Waals surface area contributed by atoms with Crippen LogP contribution in [0.5, 0.6) is 0 Å². The number of halogens is 2. The number of ether oxygens (including phenoxy) is 2. The topological polar surface area (TPSA) is 73.6 Å². The highest BCUT2D eigenvalue weighted by molar-refractivity contribution is 5.69. The van der Waals surface area contributed by atoms with Crippen LogP contribution in [0, 0.1) is 0 Å². The van der Waals surface area contributed by atoms with Crippen LogP contribution in [0.1, 0.15) is 33.6 Å². The van der Waals surface area contributed by atoms with Gasteiger partial charge in [0.1, 0.15) is 5.60 Å². The second-order valence-corrected chi connectivity index (χ2v) is 5.95. The van der Waals surface area contributed by atoms with E-state index in [1.165, 1.54) is 0 Å². The summed E-state index contributed by atoms with van der Waals surface area (Å²) >= 11 is 0. The van der Waals surface area contributed by atoms with E-state index in [-0.39, 0.29) is 6.61 Å². The summed E-state index contributed by atoms with van der Waals surface area (Å²) in [4.78, 5) is 11.7. The number of nitrogens with two attached hydrogens (primary N) is 1. The van der Waals surface area contributed by atoms with E-state index < -0.39 is 36.1 Å². The number of carbonyl (C=O) groups excluding carboxylic acids is 1. The van der Waals surface area contributed by atoms with E-state index in [0.29, 0.717) is 13.0 Å². The molecule has 0 aliphatic carbocycles. The van der Waals surface area contributed by atoms with Crippen LogP contribution >= 0.6 is 0 Å². The summed E-state index contributed by atoms with van der Waals surface area (Å²) in [7, 11) is 0. The average molecular weight is 280 g/mol. The molecule has 112 valence electrons. The Bertz CT molecular complexity index is 323. The zero-order valence-corrected chi connectivity index (χ0v) is 11.6. The number of hydrogen-bond donors (Lipinski definition) is 2. The monoisotopic (exact) mass is 280 g/mol. The molecule has 0 radical (unpaired) electrons. The fourth-order valence-electron chi connectivity index (χ4n) is 1.98. The van der Waals surface area contributed by atoms with E-state index in [1.54, 1.807) is 20.8 Å². The lowest BCUT2D eigenvalue weighted by Crippen LogP contribution is -2.54. The van der Waals surface area contributed by atoms with Crippen LogP contribution in [-0.2, 0) is 9.47 Å². The summed E-state index contributed by atoms with van der Waals surface area (Å²) in [6.45, 7) is 4.74. The number of carbonyl (C=O) groups is 1. The van der Waals surface area contributed by atoms with Gasteiger partial charge in [-0.25, -0.2) is 13.6 Å². The van der Waals surface area contributed by atoms with Gasteiger partial charge in [0.2, 0.25) is 0 Å². The predicted molar refractivity (Wildman–Crippen MR) is 66.2 cm³/mol. The molecule has 19 heavy (non-hydrogen) atoms. The summed E-state index contributed by atoms with van der Waals surface area (Å²) < 4.78 is 37.2. The smallest absolute Gasteiger partial charge is 0.408 e. The first-order chi connectivity index (χ1) is 8.58. The van der Waals surface area contributed by atoms with Crippen molar-refractivity contribution in [2.45, 2.75) is 50.7 Å². The maximum absolute atomic E-state index is 13.5. The van der Waals surface area contributed by atoms with E-state index >= 15 is 0 Å². The Balaban J connectivity index is 2.70. The normalized spacial score (nSPS) is 24.3. The zero-order chi connectivity index (χ0) is 14.7. The van der Waals surface area contributed by atoms with Gasteiger partial charge in [0.25, 0.3) is 5.92 Å². The number of alkyl carbamates (subject to hydrolysis) is 1. The molecule has 0 aromatic rings. The highest BCUT2D eigenvalue weighted by atomic mass is 19.3. The fourth-order valence-corrected chi connectivity index (χ4v) is 1.98. The van der Waals surface area contributed by atoms with Crippen LogP contribution in [0.15, 0.2) is 0 Å². The minimum Gasteiger partial charge on any atom is -0.444 e. The molecule has 1 unspecified atom stereocenters. The van der Waals surface area contributed by atoms with Crippen molar-refractivity contribution >= 4 is 6.09 Å². The summed E-state index contributed by atoms with van der Waals surface area (Å²) in [6, 6.07) is 0. The van der Waals surface area contributed by atoms with Crippen molar-refractivity contribution < 1.29 is 23.0 Å². The summed E-state index contributed by atoms with van der Waals surface area (Å²) in [5.74, 6) is -3.04. The molecule has 1 aliphatic rings. The Labute approximate surface area is 111 Å².